The highest BCUT2D eigenvalue weighted by Crippen LogP contribution is 2.28. The maximum absolute atomic E-state index is 12.9. The molecule has 1 amide bonds. The Morgan fingerprint density at radius 2 is 2.04 bits per heavy atom. The number of carbonyl (C=O) groups is 1. The summed E-state index contributed by atoms with van der Waals surface area (Å²) in [6.45, 7) is 5.74. The van der Waals surface area contributed by atoms with Crippen molar-refractivity contribution in [3.63, 3.8) is 0 Å². The lowest BCUT2D eigenvalue weighted by molar-refractivity contribution is -0.123. The lowest BCUT2D eigenvalue weighted by atomic mass is 9.88. The number of anilines is 1. The highest BCUT2D eigenvalue weighted by atomic mass is 16.2. The van der Waals surface area contributed by atoms with Gasteiger partial charge in [-0.15, -0.1) is 0 Å². The Hall–Kier alpha value is -1.68. The zero-order chi connectivity index (χ0) is 16.9. The normalized spacial score (nSPS) is 21.6. The number of aliphatic imine (C=N–C) groups is 1. The van der Waals surface area contributed by atoms with E-state index in [1.54, 1.807) is 0 Å². The van der Waals surface area contributed by atoms with Crippen LogP contribution in [0.5, 0.6) is 0 Å². The summed E-state index contributed by atoms with van der Waals surface area (Å²) in [7, 11) is 0. The summed E-state index contributed by atoms with van der Waals surface area (Å²) in [5.41, 5.74) is 3.24. The van der Waals surface area contributed by atoms with Crippen LogP contribution < -0.4 is 10.2 Å². The minimum Gasteiger partial charge on any atom is -0.312 e. The zero-order valence-corrected chi connectivity index (χ0v) is 14.9. The Morgan fingerprint density at radius 1 is 1.25 bits per heavy atom. The predicted octanol–water partition coefficient (Wildman–Crippen LogP) is 3.75. The average molecular weight is 327 g/mol. The maximum atomic E-state index is 12.9. The number of benzene rings is 1. The van der Waals surface area contributed by atoms with Crippen LogP contribution in [0.3, 0.4) is 0 Å². The largest absolute Gasteiger partial charge is 0.312 e. The van der Waals surface area contributed by atoms with E-state index in [4.69, 9.17) is 4.99 Å². The average Bonchev–Trinajstić information content (AvgIpc) is 3.12. The number of nitrogens with zero attached hydrogens (tertiary/aromatic N) is 2. The van der Waals surface area contributed by atoms with Gasteiger partial charge in [0.1, 0.15) is 0 Å². The van der Waals surface area contributed by atoms with E-state index >= 15 is 0 Å². The van der Waals surface area contributed by atoms with Crippen LogP contribution in [0, 0.1) is 5.92 Å². The van der Waals surface area contributed by atoms with E-state index in [9.17, 15) is 4.79 Å². The molecule has 130 valence electrons. The molecule has 0 bridgehead atoms. The van der Waals surface area contributed by atoms with E-state index in [0.717, 1.165) is 49.3 Å². The van der Waals surface area contributed by atoms with Gasteiger partial charge < -0.3 is 4.90 Å². The van der Waals surface area contributed by atoms with E-state index < -0.39 is 0 Å². The topological polar surface area (TPSA) is 44.7 Å². The molecule has 1 aliphatic heterocycles. The number of hydrogen-bond donors (Lipinski definition) is 1. The Morgan fingerprint density at radius 3 is 2.71 bits per heavy atom. The summed E-state index contributed by atoms with van der Waals surface area (Å²) in [6, 6.07) is 8.32. The Bertz CT molecular complexity index is 605. The standard InChI is InChI=1S/C20H29N3O/c1-3-19-21-14-18(22-19)16-11-8-12-17(13-16)23(4-2)20(24)15-9-6-5-7-10-15/h8,11-13,15,19,21H,3-7,9-10,14H2,1-2H3. The second-order valence-electron chi connectivity index (χ2n) is 6.85. The van der Waals surface area contributed by atoms with Crippen molar-refractivity contribution in [1.82, 2.24) is 5.32 Å². The van der Waals surface area contributed by atoms with Crippen LogP contribution in [0.25, 0.3) is 0 Å². The number of amides is 1. The van der Waals surface area contributed by atoms with Crippen molar-refractivity contribution < 1.29 is 4.79 Å². The molecule has 1 fully saturated rings. The van der Waals surface area contributed by atoms with Crippen molar-refractivity contribution in [2.75, 3.05) is 18.0 Å². The van der Waals surface area contributed by atoms with Gasteiger partial charge in [-0.25, -0.2) is 0 Å². The van der Waals surface area contributed by atoms with Crippen LogP contribution in [0.2, 0.25) is 0 Å². The van der Waals surface area contributed by atoms with Crippen LogP contribution in [0.1, 0.15) is 57.9 Å². The minimum atomic E-state index is 0.206. The molecule has 0 saturated heterocycles. The van der Waals surface area contributed by atoms with Crippen molar-refractivity contribution in [2.24, 2.45) is 10.9 Å². The highest BCUT2D eigenvalue weighted by molar-refractivity contribution is 6.04. The van der Waals surface area contributed by atoms with Gasteiger partial charge in [0.25, 0.3) is 0 Å². The molecule has 1 heterocycles. The fraction of sp³-hybridized carbons (Fsp3) is 0.600. The molecule has 0 radical (unpaired) electrons. The second-order valence-corrected chi connectivity index (χ2v) is 6.85. The zero-order valence-electron chi connectivity index (χ0n) is 14.9. The molecule has 4 nitrogen and oxygen atoms in total. The molecule has 1 unspecified atom stereocenters. The van der Waals surface area contributed by atoms with Crippen LogP contribution >= 0.6 is 0 Å². The summed E-state index contributed by atoms with van der Waals surface area (Å²) >= 11 is 0. The Labute approximate surface area is 145 Å². The summed E-state index contributed by atoms with van der Waals surface area (Å²) < 4.78 is 0. The SMILES string of the molecule is CCC1N=C(c2cccc(N(CC)C(=O)C3CCCCC3)c2)CN1. The Balaban J connectivity index is 1.79. The number of rotatable bonds is 5. The fourth-order valence-corrected chi connectivity index (χ4v) is 3.79. The van der Waals surface area contributed by atoms with Crippen LogP contribution in [0.4, 0.5) is 5.69 Å². The van der Waals surface area contributed by atoms with Gasteiger partial charge >= 0.3 is 0 Å². The molecule has 2 aliphatic rings. The number of carbonyl (C=O) groups excluding carboxylic acids is 1. The molecule has 1 atom stereocenters. The third-order valence-electron chi connectivity index (χ3n) is 5.23. The van der Waals surface area contributed by atoms with E-state index in [0.29, 0.717) is 5.91 Å². The van der Waals surface area contributed by atoms with Crippen molar-refractivity contribution in [2.45, 2.75) is 58.5 Å². The molecule has 4 heteroatoms. The van der Waals surface area contributed by atoms with Gasteiger partial charge in [-0.3, -0.25) is 15.1 Å². The van der Waals surface area contributed by atoms with Gasteiger partial charge in [-0.05, 0) is 43.9 Å². The monoisotopic (exact) mass is 327 g/mol. The minimum absolute atomic E-state index is 0.206. The molecule has 1 N–H and O–H groups in total. The van der Waals surface area contributed by atoms with E-state index in [1.807, 2.05) is 17.0 Å². The molecule has 1 aromatic rings. The van der Waals surface area contributed by atoms with Crippen LogP contribution in [-0.2, 0) is 4.79 Å². The third kappa shape index (κ3) is 3.69. The molecule has 0 spiro atoms. The molecular weight excluding hydrogens is 298 g/mol. The summed E-state index contributed by atoms with van der Waals surface area (Å²) in [4.78, 5) is 19.6. The fourth-order valence-electron chi connectivity index (χ4n) is 3.79. The lowest BCUT2D eigenvalue weighted by Gasteiger charge is -2.28. The molecule has 0 aromatic heterocycles. The smallest absolute Gasteiger partial charge is 0.230 e. The van der Waals surface area contributed by atoms with Gasteiger partial charge in [-0.2, -0.15) is 0 Å². The predicted molar refractivity (Wildman–Crippen MR) is 99.7 cm³/mol. The lowest BCUT2D eigenvalue weighted by Crippen LogP contribution is -2.37. The second kappa shape index (κ2) is 7.93. The van der Waals surface area contributed by atoms with Gasteiger partial charge in [0, 0.05) is 24.7 Å². The molecular formula is C20H29N3O. The van der Waals surface area contributed by atoms with Crippen molar-refractivity contribution in [3.05, 3.63) is 29.8 Å². The highest BCUT2D eigenvalue weighted by Gasteiger charge is 2.26. The van der Waals surface area contributed by atoms with Gasteiger partial charge in [-0.1, -0.05) is 38.3 Å². The van der Waals surface area contributed by atoms with Crippen molar-refractivity contribution in [1.29, 1.82) is 0 Å². The molecule has 1 aliphatic carbocycles. The quantitative estimate of drug-likeness (QED) is 0.895. The molecule has 1 aromatic carbocycles. The summed E-state index contributed by atoms with van der Waals surface area (Å²) in [6.07, 6.45) is 6.98. The van der Waals surface area contributed by atoms with E-state index in [1.165, 1.54) is 19.3 Å². The third-order valence-corrected chi connectivity index (χ3v) is 5.23. The van der Waals surface area contributed by atoms with Gasteiger partial charge in [0.15, 0.2) is 0 Å². The van der Waals surface area contributed by atoms with Crippen molar-refractivity contribution in [3.8, 4) is 0 Å². The maximum Gasteiger partial charge on any atom is 0.230 e. The van der Waals surface area contributed by atoms with Crippen molar-refractivity contribution >= 4 is 17.3 Å². The van der Waals surface area contributed by atoms with E-state index in [-0.39, 0.29) is 12.1 Å². The first kappa shape index (κ1) is 17.2. The first-order chi connectivity index (χ1) is 11.7. The molecule has 24 heavy (non-hydrogen) atoms. The number of hydrogen-bond acceptors (Lipinski definition) is 3. The van der Waals surface area contributed by atoms with E-state index in [2.05, 4.69) is 31.3 Å². The first-order valence-corrected chi connectivity index (χ1v) is 9.44. The first-order valence-electron chi connectivity index (χ1n) is 9.44. The summed E-state index contributed by atoms with van der Waals surface area (Å²) in [5, 5.41) is 3.41. The van der Waals surface area contributed by atoms with Crippen LogP contribution in [-0.4, -0.2) is 30.9 Å². The summed E-state index contributed by atoms with van der Waals surface area (Å²) in [5.74, 6) is 0.504. The molecule has 1 saturated carbocycles. The number of nitrogens with one attached hydrogen (secondary N) is 1. The van der Waals surface area contributed by atoms with Crippen LogP contribution in [0.15, 0.2) is 29.3 Å². The molecule has 3 rings (SSSR count). The Kier molecular flexibility index (Phi) is 5.67. The van der Waals surface area contributed by atoms with Gasteiger partial charge in [0.05, 0.1) is 11.9 Å². The van der Waals surface area contributed by atoms with Gasteiger partial charge in [0.2, 0.25) is 5.91 Å².